The summed E-state index contributed by atoms with van der Waals surface area (Å²) >= 11 is 0. The molecule has 0 saturated heterocycles. The minimum absolute atomic E-state index is 0.369. The fourth-order valence-corrected chi connectivity index (χ4v) is 1.45. The predicted molar refractivity (Wildman–Crippen MR) is 58.9 cm³/mol. The molecule has 0 aliphatic heterocycles. The molecule has 0 saturated carbocycles. The lowest BCUT2D eigenvalue weighted by Gasteiger charge is -2.23. The van der Waals surface area contributed by atoms with Gasteiger partial charge in [0, 0.05) is 6.61 Å². The summed E-state index contributed by atoms with van der Waals surface area (Å²) in [6.07, 6.45) is 1.65. The molecule has 0 aromatic carbocycles. The van der Waals surface area contributed by atoms with Gasteiger partial charge in [0.25, 0.3) is 0 Å². The monoisotopic (exact) mass is 186 g/mol. The normalized spacial score (nSPS) is 14.5. The van der Waals surface area contributed by atoms with Gasteiger partial charge in [-0.1, -0.05) is 27.7 Å². The molecule has 13 heavy (non-hydrogen) atoms. The van der Waals surface area contributed by atoms with Gasteiger partial charge >= 0.3 is 0 Å². The quantitative estimate of drug-likeness (QED) is 0.614. The van der Waals surface area contributed by atoms with Crippen LogP contribution < -0.4 is 0 Å². The molecule has 0 aliphatic carbocycles. The summed E-state index contributed by atoms with van der Waals surface area (Å²) in [5.74, 6) is 2.24. The average molecular weight is 186 g/mol. The van der Waals surface area contributed by atoms with Crippen molar-refractivity contribution in [1.29, 1.82) is 0 Å². The molecule has 80 valence electrons. The first-order valence-electron chi connectivity index (χ1n) is 5.55. The maximum atomic E-state index is 5.67. The van der Waals surface area contributed by atoms with Crippen LogP contribution in [0.1, 0.15) is 48.0 Å². The molecule has 0 aromatic heterocycles. The summed E-state index contributed by atoms with van der Waals surface area (Å²) in [7, 11) is 0. The highest BCUT2D eigenvalue weighted by atomic mass is 16.5. The standard InChI is InChI=1S/C12H26O/c1-9(2)7-12(10(3)4)8-13-11(5)6/h9-12H,7-8H2,1-6H3. The second-order valence-corrected chi connectivity index (χ2v) is 5.02. The molecular formula is C12H26O. The van der Waals surface area contributed by atoms with E-state index in [9.17, 15) is 0 Å². The lowest BCUT2D eigenvalue weighted by molar-refractivity contribution is 0.0328. The van der Waals surface area contributed by atoms with E-state index in [0.717, 1.165) is 24.4 Å². The van der Waals surface area contributed by atoms with Crippen LogP contribution >= 0.6 is 0 Å². The van der Waals surface area contributed by atoms with Crippen molar-refractivity contribution in [2.75, 3.05) is 6.61 Å². The number of hydrogen-bond donors (Lipinski definition) is 0. The van der Waals surface area contributed by atoms with E-state index in [1.807, 2.05) is 0 Å². The molecule has 0 bridgehead atoms. The van der Waals surface area contributed by atoms with E-state index >= 15 is 0 Å². The molecule has 1 atom stereocenters. The van der Waals surface area contributed by atoms with E-state index in [1.165, 1.54) is 6.42 Å². The highest BCUT2D eigenvalue weighted by Gasteiger charge is 2.15. The van der Waals surface area contributed by atoms with E-state index in [0.29, 0.717) is 6.10 Å². The zero-order valence-corrected chi connectivity index (χ0v) is 10.1. The Bertz CT molecular complexity index is 116. The van der Waals surface area contributed by atoms with Gasteiger partial charge in [0.2, 0.25) is 0 Å². The lowest BCUT2D eigenvalue weighted by Crippen LogP contribution is -2.20. The van der Waals surface area contributed by atoms with Crippen molar-refractivity contribution >= 4 is 0 Å². The van der Waals surface area contributed by atoms with Crippen LogP contribution in [0, 0.1) is 17.8 Å². The Labute approximate surface area is 83.9 Å². The molecule has 0 rings (SSSR count). The van der Waals surface area contributed by atoms with Gasteiger partial charge in [0.1, 0.15) is 0 Å². The van der Waals surface area contributed by atoms with Crippen molar-refractivity contribution in [2.45, 2.75) is 54.1 Å². The molecule has 1 nitrogen and oxygen atoms in total. The first-order chi connectivity index (χ1) is 5.93. The Morgan fingerprint density at radius 2 is 1.46 bits per heavy atom. The molecule has 0 amide bonds. The third-order valence-electron chi connectivity index (χ3n) is 2.36. The van der Waals surface area contributed by atoms with Crippen LogP contribution in [0.4, 0.5) is 0 Å². The first kappa shape index (κ1) is 13.0. The Hall–Kier alpha value is -0.0400. The van der Waals surface area contributed by atoms with Crippen LogP contribution in [0.25, 0.3) is 0 Å². The summed E-state index contributed by atoms with van der Waals surface area (Å²) < 4.78 is 5.67. The van der Waals surface area contributed by atoms with Gasteiger partial charge in [-0.25, -0.2) is 0 Å². The van der Waals surface area contributed by atoms with E-state index in [1.54, 1.807) is 0 Å². The molecule has 0 fully saturated rings. The molecule has 0 heterocycles. The third-order valence-corrected chi connectivity index (χ3v) is 2.36. The third kappa shape index (κ3) is 7.06. The van der Waals surface area contributed by atoms with E-state index in [4.69, 9.17) is 4.74 Å². The van der Waals surface area contributed by atoms with Gasteiger partial charge in [-0.15, -0.1) is 0 Å². The maximum Gasteiger partial charge on any atom is 0.0519 e. The maximum absolute atomic E-state index is 5.67. The molecular weight excluding hydrogens is 160 g/mol. The van der Waals surface area contributed by atoms with Crippen molar-refractivity contribution in [3.05, 3.63) is 0 Å². The Morgan fingerprint density at radius 3 is 1.77 bits per heavy atom. The van der Waals surface area contributed by atoms with Crippen molar-refractivity contribution in [1.82, 2.24) is 0 Å². The minimum atomic E-state index is 0.369. The van der Waals surface area contributed by atoms with Crippen LogP contribution in [0.5, 0.6) is 0 Å². The summed E-state index contributed by atoms with van der Waals surface area (Å²) in [5.41, 5.74) is 0. The van der Waals surface area contributed by atoms with Gasteiger partial charge in [0.05, 0.1) is 6.10 Å². The molecule has 0 N–H and O–H groups in total. The number of hydrogen-bond acceptors (Lipinski definition) is 1. The van der Waals surface area contributed by atoms with E-state index < -0.39 is 0 Å². The number of rotatable bonds is 6. The molecule has 0 radical (unpaired) electrons. The summed E-state index contributed by atoms with van der Waals surface area (Å²) in [6.45, 7) is 14.3. The van der Waals surface area contributed by atoms with Gasteiger partial charge in [0.15, 0.2) is 0 Å². The summed E-state index contributed by atoms with van der Waals surface area (Å²) in [6, 6.07) is 0. The molecule has 1 heteroatoms. The Morgan fingerprint density at radius 1 is 0.923 bits per heavy atom. The molecule has 1 unspecified atom stereocenters. The molecule has 0 aliphatic rings. The van der Waals surface area contributed by atoms with Crippen LogP contribution in [0.15, 0.2) is 0 Å². The van der Waals surface area contributed by atoms with E-state index in [2.05, 4.69) is 41.5 Å². The van der Waals surface area contributed by atoms with Crippen molar-refractivity contribution < 1.29 is 4.74 Å². The SMILES string of the molecule is CC(C)CC(COC(C)C)C(C)C. The Kier molecular flexibility index (Phi) is 6.40. The highest BCUT2D eigenvalue weighted by Crippen LogP contribution is 2.20. The Balaban J connectivity index is 3.81. The van der Waals surface area contributed by atoms with Crippen LogP contribution in [0.3, 0.4) is 0 Å². The van der Waals surface area contributed by atoms with Gasteiger partial charge in [-0.3, -0.25) is 0 Å². The fraction of sp³-hybridized carbons (Fsp3) is 1.00. The average Bonchev–Trinajstić information content (AvgIpc) is 1.96. The van der Waals surface area contributed by atoms with Gasteiger partial charge < -0.3 is 4.74 Å². The highest BCUT2D eigenvalue weighted by molar-refractivity contribution is 4.64. The molecule has 0 aromatic rings. The van der Waals surface area contributed by atoms with Crippen LogP contribution in [-0.4, -0.2) is 12.7 Å². The minimum Gasteiger partial charge on any atom is -0.378 e. The number of ether oxygens (including phenoxy) is 1. The van der Waals surface area contributed by atoms with Crippen molar-refractivity contribution in [3.8, 4) is 0 Å². The molecule has 0 spiro atoms. The van der Waals surface area contributed by atoms with Crippen molar-refractivity contribution in [2.24, 2.45) is 17.8 Å². The summed E-state index contributed by atoms with van der Waals surface area (Å²) in [5, 5.41) is 0. The van der Waals surface area contributed by atoms with E-state index in [-0.39, 0.29) is 0 Å². The van der Waals surface area contributed by atoms with Gasteiger partial charge in [-0.2, -0.15) is 0 Å². The van der Waals surface area contributed by atoms with Crippen molar-refractivity contribution in [3.63, 3.8) is 0 Å². The first-order valence-corrected chi connectivity index (χ1v) is 5.55. The smallest absolute Gasteiger partial charge is 0.0519 e. The summed E-state index contributed by atoms with van der Waals surface area (Å²) in [4.78, 5) is 0. The van der Waals surface area contributed by atoms with Crippen LogP contribution in [-0.2, 0) is 4.74 Å². The predicted octanol–water partition coefficient (Wildman–Crippen LogP) is 3.73. The second-order valence-electron chi connectivity index (χ2n) is 5.02. The lowest BCUT2D eigenvalue weighted by atomic mass is 9.88. The largest absolute Gasteiger partial charge is 0.378 e. The zero-order valence-electron chi connectivity index (χ0n) is 10.1. The van der Waals surface area contributed by atoms with Gasteiger partial charge in [-0.05, 0) is 38.0 Å². The zero-order chi connectivity index (χ0) is 10.4. The van der Waals surface area contributed by atoms with Crippen LogP contribution in [0.2, 0.25) is 0 Å². The fourth-order valence-electron chi connectivity index (χ4n) is 1.45. The second kappa shape index (κ2) is 6.42. The topological polar surface area (TPSA) is 9.23 Å².